The second-order valence-electron chi connectivity index (χ2n) is 6.01. The maximum Gasteiger partial charge on any atom is 0.225 e. The third-order valence-electron chi connectivity index (χ3n) is 4.23. The van der Waals surface area contributed by atoms with E-state index in [-0.39, 0.29) is 17.7 Å². The molecule has 2 aromatic heterocycles. The van der Waals surface area contributed by atoms with Gasteiger partial charge in [0.05, 0.1) is 19.1 Å². The molecule has 3 rings (SSSR count). The number of methoxy groups -OCH3 is 1. The van der Waals surface area contributed by atoms with E-state index in [4.69, 9.17) is 9.15 Å². The predicted octanol–water partition coefficient (Wildman–Crippen LogP) is 1.39. The van der Waals surface area contributed by atoms with Gasteiger partial charge in [-0.2, -0.15) is 0 Å². The molecule has 1 saturated heterocycles. The van der Waals surface area contributed by atoms with Crippen LogP contribution in [0.5, 0.6) is 0 Å². The number of carbonyl (C=O) groups excluding carboxylic acids is 1. The molecular weight excluding hydrogens is 308 g/mol. The van der Waals surface area contributed by atoms with Crippen molar-refractivity contribution in [1.29, 1.82) is 0 Å². The molecule has 0 radical (unpaired) electrons. The Bertz CT molecular complexity index is 673. The number of carbonyl (C=O) groups is 1. The van der Waals surface area contributed by atoms with Gasteiger partial charge in [-0.3, -0.25) is 4.79 Å². The van der Waals surface area contributed by atoms with E-state index >= 15 is 0 Å². The molecule has 1 aliphatic heterocycles. The molecule has 1 aliphatic rings. The Labute approximate surface area is 141 Å². The zero-order valence-corrected chi connectivity index (χ0v) is 13.9. The summed E-state index contributed by atoms with van der Waals surface area (Å²) < 4.78 is 10.8. The van der Waals surface area contributed by atoms with Gasteiger partial charge in [0.2, 0.25) is 11.9 Å². The van der Waals surface area contributed by atoms with Crippen LogP contribution in [0, 0.1) is 18.8 Å². The van der Waals surface area contributed by atoms with E-state index in [1.165, 1.54) is 0 Å². The molecule has 2 aromatic rings. The average Bonchev–Trinajstić information content (AvgIpc) is 3.20. The first-order valence-electron chi connectivity index (χ1n) is 8.01. The standard InChI is InChI=1S/C17H22N4O3/c1-12-4-5-14(24-12)8-20-16(22)15-10-21(9-13(15)11-23-2)17-18-6-3-7-19-17/h3-7,13,15H,8-11H2,1-2H3,(H,20,22)/t13-,15+/m0/s1. The van der Waals surface area contributed by atoms with Crippen LogP contribution in [-0.2, 0) is 16.1 Å². The molecule has 7 nitrogen and oxygen atoms in total. The number of aromatic nitrogens is 2. The maximum absolute atomic E-state index is 12.6. The van der Waals surface area contributed by atoms with Gasteiger partial charge in [0.25, 0.3) is 0 Å². The molecule has 128 valence electrons. The van der Waals surface area contributed by atoms with Crippen molar-refractivity contribution in [2.24, 2.45) is 11.8 Å². The zero-order valence-electron chi connectivity index (χ0n) is 13.9. The number of furan rings is 1. The zero-order chi connectivity index (χ0) is 16.9. The SMILES string of the molecule is COC[C@@H]1CN(c2ncccn2)C[C@H]1C(=O)NCc1ccc(C)o1. The molecule has 0 spiro atoms. The van der Waals surface area contributed by atoms with Crippen molar-refractivity contribution < 1.29 is 13.9 Å². The molecule has 0 saturated carbocycles. The van der Waals surface area contributed by atoms with Crippen LogP contribution in [0.4, 0.5) is 5.95 Å². The smallest absolute Gasteiger partial charge is 0.225 e. The Morgan fingerprint density at radius 3 is 2.83 bits per heavy atom. The van der Waals surface area contributed by atoms with Gasteiger partial charge in [-0.05, 0) is 25.1 Å². The van der Waals surface area contributed by atoms with E-state index in [0.717, 1.165) is 11.5 Å². The Morgan fingerprint density at radius 1 is 1.38 bits per heavy atom. The topological polar surface area (TPSA) is 80.5 Å². The van der Waals surface area contributed by atoms with Crippen LogP contribution in [0.15, 0.2) is 35.0 Å². The number of nitrogens with zero attached hydrogens (tertiary/aromatic N) is 3. The summed E-state index contributed by atoms with van der Waals surface area (Å²) in [4.78, 5) is 23.2. The monoisotopic (exact) mass is 330 g/mol. The van der Waals surface area contributed by atoms with Gasteiger partial charge in [0, 0.05) is 38.5 Å². The van der Waals surface area contributed by atoms with Gasteiger partial charge in [0.1, 0.15) is 11.5 Å². The normalized spacial score (nSPS) is 20.3. The quantitative estimate of drug-likeness (QED) is 0.862. The summed E-state index contributed by atoms with van der Waals surface area (Å²) in [5, 5.41) is 2.96. The van der Waals surface area contributed by atoms with Gasteiger partial charge in [-0.1, -0.05) is 0 Å². The highest BCUT2D eigenvalue weighted by atomic mass is 16.5. The number of amides is 1. The molecule has 0 aromatic carbocycles. The highest BCUT2D eigenvalue weighted by Gasteiger charge is 2.38. The highest BCUT2D eigenvalue weighted by molar-refractivity contribution is 5.80. The fourth-order valence-electron chi connectivity index (χ4n) is 3.05. The molecule has 0 aliphatic carbocycles. The number of hydrogen-bond donors (Lipinski definition) is 1. The van der Waals surface area contributed by atoms with Gasteiger partial charge in [-0.15, -0.1) is 0 Å². The molecule has 1 fully saturated rings. The van der Waals surface area contributed by atoms with Crippen LogP contribution in [0.3, 0.4) is 0 Å². The molecule has 24 heavy (non-hydrogen) atoms. The fraction of sp³-hybridized carbons (Fsp3) is 0.471. The molecule has 1 amide bonds. The molecule has 7 heteroatoms. The minimum atomic E-state index is -0.162. The predicted molar refractivity (Wildman–Crippen MR) is 88.4 cm³/mol. The third-order valence-corrected chi connectivity index (χ3v) is 4.23. The van der Waals surface area contributed by atoms with Gasteiger partial charge < -0.3 is 19.4 Å². The van der Waals surface area contributed by atoms with E-state index in [2.05, 4.69) is 15.3 Å². The Hall–Kier alpha value is -2.41. The van der Waals surface area contributed by atoms with Crippen molar-refractivity contribution >= 4 is 11.9 Å². The van der Waals surface area contributed by atoms with E-state index in [1.807, 2.05) is 24.0 Å². The molecule has 0 unspecified atom stereocenters. The average molecular weight is 330 g/mol. The lowest BCUT2D eigenvalue weighted by Gasteiger charge is -2.16. The summed E-state index contributed by atoms with van der Waals surface area (Å²) in [5.74, 6) is 2.19. The second-order valence-corrected chi connectivity index (χ2v) is 6.01. The first-order chi connectivity index (χ1) is 11.7. The molecule has 3 heterocycles. The van der Waals surface area contributed by atoms with Crippen molar-refractivity contribution in [2.45, 2.75) is 13.5 Å². The molecule has 0 bridgehead atoms. The summed E-state index contributed by atoms with van der Waals surface area (Å²) >= 11 is 0. The summed E-state index contributed by atoms with van der Waals surface area (Å²) in [6.45, 7) is 4.09. The van der Waals surface area contributed by atoms with Crippen LogP contribution >= 0.6 is 0 Å². The van der Waals surface area contributed by atoms with Crippen LogP contribution in [0.25, 0.3) is 0 Å². The van der Waals surface area contributed by atoms with Crippen LogP contribution in [0.1, 0.15) is 11.5 Å². The third kappa shape index (κ3) is 3.73. The van der Waals surface area contributed by atoms with Crippen LogP contribution in [-0.4, -0.2) is 42.7 Å². The Kier molecular flexibility index (Phi) is 5.10. The fourth-order valence-corrected chi connectivity index (χ4v) is 3.05. The minimum Gasteiger partial charge on any atom is -0.465 e. The Balaban J connectivity index is 1.64. The lowest BCUT2D eigenvalue weighted by atomic mass is 9.96. The number of anilines is 1. The first-order valence-corrected chi connectivity index (χ1v) is 8.01. The number of ether oxygens (including phenoxy) is 1. The van der Waals surface area contributed by atoms with Gasteiger partial charge in [-0.25, -0.2) is 9.97 Å². The largest absolute Gasteiger partial charge is 0.465 e. The van der Waals surface area contributed by atoms with E-state index in [9.17, 15) is 4.79 Å². The molecule has 1 N–H and O–H groups in total. The van der Waals surface area contributed by atoms with E-state index in [1.54, 1.807) is 25.6 Å². The number of hydrogen-bond acceptors (Lipinski definition) is 6. The van der Waals surface area contributed by atoms with Gasteiger partial charge >= 0.3 is 0 Å². The van der Waals surface area contributed by atoms with Gasteiger partial charge in [0.15, 0.2) is 0 Å². The number of nitrogens with one attached hydrogen (secondary N) is 1. The van der Waals surface area contributed by atoms with Crippen molar-refractivity contribution in [3.63, 3.8) is 0 Å². The Morgan fingerprint density at radius 2 is 2.17 bits per heavy atom. The van der Waals surface area contributed by atoms with Crippen molar-refractivity contribution in [1.82, 2.24) is 15.3 Å². The summed E-state index contributed by atoms with van der Waals surface area (Å²) in [7, 11) is 1.66. The van der Waals surface area contributed by atoms with E-state index < -0.39 is 0 Å². The van der Waals surface area contributed by atoms with Crippen molar-refractivity contribution in [3.05, 3.63) is 42.1 Å². The lowest BCUT2D eigenvalue weighted by molar-refractivity contribution is -0.126. The highest BCUT2D eigenvalue weighted by Crippen LogP contribution is 2.26. The summed E-state index contributed by atoms with van der Waals surface area (Å²) in [6.07, 6.45) is 3.42. The van der Waals surface area contributed by atoms with Crippen LogP contribution in [0.2, 0.25) is 0 Å². The summed E-state index contributed by atoms with van der Waals surface area (Å²) in [5.41, 5.74) is 0. The van der Waals surface area contributed by atoms with Crippen molar-refractivity contribution in [3.8, 4) is 0 Å². The first kappa shape index (κ1) is 16.4. The number of rotatable bonds is 6. The van der Waals surface area contributed by atoms with Crippen LogP contribution < -0.4 is 10.2 Å². The van der Waals surface area contributed by atoms with Crippen molar-refractivity contribution in [2.75, 3.05) is 31.7 Å². The maximum atomic E-state index is 12.6. The summed E-state index contributed by atoms with van der Waals surface area (Å²) in [6, 6.07) is 5.54. The molecular formula is C17H22N4O3. The molecule has 2 atom stereocenters. The number of aryl methyl sites for hydroxylation is 1. The second kappa shape index (κ2) is 7.44. The minimum absolute atomic E-state index is 0.00420. The lowest BCUT2D eigenvalue weighted by Crippen LogP contribution is -2.36. The van der Waals surface area contributed by atoms with E-state index in [0.29, 0.717) is 32.2 Å².